The van der Waals surface area contributed by atoms with Gasteiger partial charge in [0.25, 0.3) is 0 Å². The van der Waals surface area contributed by atoms with Gasteiger partial charge in [0.2, 0.25) is 11.9 Å². The maximum atomic E-state index is 12.6. The monoisotopic (exact) mass is 502 g/mol. The molecule has 1 saturated carbocycles. The second-order valence-electron chi connectivity index (χ2n) is 8.72. The lowest BCUT2D eigenvalue weighted by molar-refractivity contribution is -0.125. The molecule has 2 heterocycles. The van der Waals surface area contributed by atoms with Crippen LogP contribution in [0.5, 0.6) is 5.75 Å². The molecule has 4 N–H and O–H groups in total. The third kappa shape index (κ3) is 5.89. The van der Waals surface area contributed by atoms with Crippen molar-refractivity contribution in [2.45, 2.75) is 57.7 Å². The predicted molar refractivity (Wildman–Crippen MR) is 129 cm³/mol. The lowest BCUT2D eigenvalue weighted by Gasteiger charge is -2.22. The van der Waals surface area contributed by atoms with Crippen LogP contribution < -0.4 is 26.0 Å². The van der Waals surface area contributed by atoms with E-state index in [0.29, 0.717) is 11.8 Å². The Labute approximate surface area is 197 Å². The average molecular weight is 503 g/mol. The van der Waals surface area contributed by atoms with Gasteiger partial charge in [0.1, 0.15) is 17.7 Å². The molecule has 0 bridgehead atoms. The van der Waals surface area contributed by atoms with Gasteiger partial charge in [-0.15, -0.1) is 0 Å². The van der Waals surface area contributed by atoms with Crippen LogP contribution in [0.15, 0.2) is 34.9 Å². The number of carbonyl (C=O) groups excluding carboxylic acids is 1. The molecule has 2 fully saturated rings. The Morgan fingerprint density at radius 2 is 2.03 bits per heavy atom. The molecule has 9 heteroatoms. The number of halogens is 1. The standard InChI is InChI=1S/C23H31BrN6O2/c1-14(2)27-22(31)18-4-3-5-20(18)29-21-19(24)13-26-23(30-21)28-15-6-8-16(9-7-15)32-17-10-11-25-12-17/h6-9,13-14,17-18,20,25H,3-5,10-12H2,1-2H3,(H,27,31)(H2,26,28,29,30)/t17-,18-,20+/m0/s1. The smallest absolute Gasteiger partial charge is 0.229 e. The molecule has 2 aromatic rings. The number of rotatable bonds is 8. The molecule has 3 atom stereocenters. The molecule has 172 valence electrons. The van der Waals surface area contributed by atoms with Gasteiger partial charge in [0.05, 0.1) is 10.4 Å². The Hall–Kier alpha value is -2.39. The fourth-order valence-electron chi connectivity index (χ4n) is 4.21. The highest BCUT2D eigenvalue weighted by Crippen LogP contribution is 2.31. The van der Waals surface area contributed by atoms with E-state index in [-0.39, 0.29) is 30.0 Å². The van der Waals surface area contributed by atoms with E-state index in [1.54, 1.807) is 6.20 Å². The van der Waals surface area contributed by atoms with Crippen LogP contribution in [0.1, 0.15) is 39.5 Å². The maximum absolute atomic E-state index is 12.6. The molecule has 1 aliphatic carbocycles. The lowest BCUT2D eigenvalue weighted by atomic mass is 10.0. The summed E-state index contributed by atoms with van der Waals surface area (Å²) in [6.45, 7) is 5.87. The first-order valence-corrected chi connectivity index (χ1v) is 12.1. The number of carbonyl (C=O) groups is 1. The SMILES string of the molecule is CC(C)NC(=O)[C@H]1CCC[C@H]1Nc1nc(Nc2ccc(O[C@H]3CCNC3)cc2)ncc1Br. The van der Waals surface area contributed by atoms with Crippen molar-refractivity contribution in [3.8, 4) is 5.75 Å². The Balaban J connectivity index is 1.39. The first-order valence-electron chi connectivity index (χ1n) is 11.3. The molecule has 4 rings (SSSR count). The Bertz CT molecular complexity index is 917. The van der Waals surface area contributed by atoms with Crippen LogP contribution in [0.2, 0.25) is 0 Å². The zero-order valence-corrected chi connectivity index (χ0v) is 20.1. The summed E-state index contributed by atoms with van der Waals surface area (Å²) in [5, 5.41) is 13.1. The number of anilines is 3. The van der Waals surface area contributed by atoms with Gasteiger partial charge in [0.15, 0.2) is 0 Å². The molecule has 1 aliphatic heterocycles. The van der Waals surface area contributed by atoms with Crippen LogP contribution in [0, 0.1) is 5.92 Å². The zero-order valence-electron chi connectivity index (χ0n) is 18.5. The minimum Gasteiger partial charge on any atom is -0.489 e. The summed E-state index contributed by atoms with van der Waals surface area (Å²) < 4.78 is 6.74. The predicted octanol–water partition coefficient (Wildman–Crippen LogP) is 3.83. The zero-order chi connectivity index (χ0) is 22.5. The van der Waals surface area contributed by atoms with Crippen molar-refractivity contribution in [3.63, 3.8) is 0 Å². The summed E-state index contributed by atoms with van der Waals surface area (Å²) in [4.78, 5) is 21.6. The van der Waals surface area contributed by atoms with E-state index in [9.17, 15) is 4.79 Å². The number of hydrogen-bond acceptors (Lipinski definition) is 7. The third-order valence-electron chi connectivity index (χ3n) is 5.78. The fraction of sp³-hybridized carbons (Fsp3) is 0.522. The number of benzene rings is 1. The molecule has 32 heavy (non-hydrogen) atoms. The molecule has 0 radical (unpaired) electrons. The van der Waals surface area contributed by atoms with Crippen molar-refractivity contribution in [1.29, 1.82) is 0 Å². The van der Waals surface area contributed by atoms with Crippen molar-refractivity contribution < 1.29 is 9.53 Å². The van der Waals surface area contributed by atoms with E-state index in [4.69, 9.17) is 4.74 Å². The van der Waals surface area contributed by atoms with Crippen molar-refractivity contribution in [2.75, 3.05) is 23.7 Å². The molecule has 0 spiro atoms. The van der Waals surface area contributed by atoms with Crippen molar-refractivity contribution >= 4 is 39.3 Å². The number of nitrogens with one attached hydrogen (secondary N) is 4. The van der Waals surface area contributed by atoms with E-state index in [0.717, 1.165) is 54.7 Å². The first kappa shape index (κ1) is 22.8. The Morgan fingerprint density at radius 3 is 2.75 bits per heavy atom. The number of ether oxygens (including phenoxy) is 1. The summed E-state index contributed by atoms with van der Waals surface area (Å²) in [6, 6.07) is 8.01. The lowest BCUT2D eigenvalue weighted by Crippen LogP contribution is -2.41. The Kier molecular flexibility index (Phi) is 7.47. The maximum Gasteiger partial charge on any atom is 0.229 e. The fourth-order valence-corrected chi connectivity index (χ4v) is 4.52. The Morgan fingerprint density at radius 1 is 1.22 bits per heavy atom. The van der Waals surface area contributed by atoms with E-state index in [1.165, 1.54) is 0 Å². The minimum absolute atomic E-state index is 0.0503. The third-order valence-corrected chi connectivity index (χ3v) is 6.36. The van der Waals surface area contributed by atoms with Crippen molar-refractivity contribution in [1.82, 2.24) is 20.6 Å². The van der Waals surface area contributed by atoms with Crippen molar-refractivity contribution in [2.24, 2.45) is 5.92 Å². The van der Waals surface area contributed by atoms with Gasteiger partial charge in [-0.1, -0.05) is 6.42 Å². The van der Waals surface area contributed by atoms with Gasteiger partial charge < -0.3 is 26.0 Å². The average Bonchev–Trinajstić information content (AvgIpc) is 3.43. The normalized spacial score (nSPS) is 22.7. The van der Waals surface area contributed by atoms with Crippen LogP contribution in [0.3, 0.4) is 0 Å². The second kappa shape index (κ2) is 10.5. The second-order valence-corrected chi connectivity index (χ2v) is 9.58. The van der Waals surface area contributed by atoms with E-state index in [1.807, 2.05) is 38.1 Å². The van der Waals surface area contributed by atoms with E-state index < -0.39 is 0 Å². The van der Waals surface area contributed by atoms with Gasteiger partial charge >= 0.3 is 0 Å². The van der Waals surface area contributed by atoms with Gasteiger partial charge in [-0.3, -0.25) is 4.79 Å². The molecule has 2 aliphatic rings. The van der Waals surface area contributed by atoms with Gasteiger partial charge in [-0.2, -0.15) is 4.98 Å². The highest BCUT2D eigenvalue weighted by atomic mass is 79.9. The van der Waals surface area contributed by atoms with Crippen LogP contribution in [0.25, 0.3) is 0 Å². The van der Waals surface area contributed by atoms with Crippen molar-refractivity contribution in [3.05, 3.63) is 34.9 Å². The molecule has 1 saturated heterocycles. The van der Waals surface area contributed by atoms with Crippen LogP contribution in [-0.4, -0.2) is 47.2 Å². The summed E-state index contributed by atoms with van der Waals surface area (Å²) >= 11 is 3.53. The number of amides is 1. The number of nitrogens with zero attached hydrogens (tertiary/aromatic N) is 2. The van der Waals surface area contributed by atoms with Gasteiger partial charge in [-0.05, 0) is 79.9 Å². The summed E-state index contributed by atoms with van der Waals surface area (Å²) in [7, 11) is 0. The topological polar surface area (TPSA) is 100 Å². The molecular formula is C23H31BrN6O2. The quantitative estimate of drug-likeness (QED) is 0.435. The summed E-state index contributed by atoms with van der Waals surface area (Å²) in [5.74, 6) is 2.08. The molecule has 0 unspecified atom stereocenters. The number of hydrogen-bond donors (Lipinski definition) is 4. The largest absolute Gasteiger partial charge is 0.489 e. The molecule has 1 amide bonds. The van der Waals surface area contributed by atoms with Gasteiger partial charge in [-0.25, -0.2) is 4.98 Å². The first-order chi connectivity index (χ1) is 15.5. The minimum atomic E-state index is -0.0571. The molecule has 1 aromatic carbocycles. The molecule has 1 aromatic heterocycles. The van der Waals surface area contributed by atoms with Crippen LogP contribution in [0.4, 0.5) is 17.5 Å². The highest BCUT2D eigenvalue weighted by molar-refractivity contribution is 9.10. The summed E-state index contributed by atoms with van der Waals surface area (Å²) in [5.41, 5.74) is 0.880. The summed E-state index contributed by atoms with van der Waals surface area (Å²) in [6.07, 6.45) is 5.83. The van der Waals surface area contributed by atoms with Crippen LogP contribution in [-0.2, 0) is 4.79 Å². The van der Waals surface area contributed by atoms with E-state index >= 15 is 0 Å². The van der Waals surface area contributed by atoms with Crippen LogP contribution >= 0.6 is 15.9 Å². The molecular weight excluding hydrogens is 472 g/mol. The highest BCUT2D eigenvalue weighted by Gasteiger charge is 2.33. The molecule has 8 nitrogen and oxygen atoms in total. The number of aromatic nitrogens is 2. The van der Waals surface area contributed by atoms with Gasteiger partial charge in [0, 0.05) is 30.5 Å². The van der Waals surface area contributed by atoms with E-state index in [2.05, 4.69) is 47.2 Å².